The molecule has 0 aliphatic carbocycles. The summed E-state index contributed by atoms with van der Waals surface area (Å²) in [6.45, 7) is 9.45. The zero-order chi connectivity index (χ0) is 18.3. The van der Waals surface area contributed by atoms with Crippen molar-refractivity contribution in [2.24, 2.45) is 0 Å². The van der Waals surface area contributed by atoms with Crippen LogP contribution in [0.2, 0.25) is 0 Å². The smallest absolute Gasteiger partial charge is 0.135 e. The number of aryl methyl sites for hydroxylation is 1. The summed E-state index contributed by atoms with van der Waals surface area (Å²) in [7, 11) is 0. The maximum atomic E-state index is 6.00. The summed E-state index contributed by atoms with van der Waals surface area (Å²) in [5, 5.41) is 2.40. The van der Waals surface area contributed by atoms with E-state index in [1.54, 1.807) is 0 Å². The molecule has 0 bridgehead atoms. The lowest BCUT2D eigenvalue weighted by atomic mass is 10.0. The summed E-state index contributed by atoms with van der Waals surface area (Å²) in [4.78, 5) is 2.42. The third kappa shape index (κ3) is 2.57. The molecule has 0 spiro atoms. The maximum absolute atomic E-state index is 6.00. The molecule has 132 valence electrons. The molecule has 1 aliphatic heterocycles. The van der Waals surface area contributed by atoms with Crippen molar-refractivity contribution in [1.82, 2.24) is 0 Å². The lowest BCUT2D eigenvalue weighted by Gasteiger charge is -2.20. The van der Waals surface area contributed by atoms with Crippen molar-refractivity contribution < 1.29 is 4.42 Å². The maximum Gasteiger partial charge on any atom is 0.135 e. The normalized spacial score (nSPS) is 15.8. The molecule has 2 heteroatoms. The van der Waals surface area contributed by atoms with Gasteiger partial charge in [-0.1, -0.05) is 50.6 Å². The Morgan fingerprint density at radius 1 is 0.885 bits per heavy atom. The van der Waals surface area contributed by atoms with Crippen molar-refractivity contribution in [3.8, 4) is 0 Å². The van der Waals surface area contributed by atoms with Crippen molar-refractivity contribution in [3.05, 3.63) is 71.8 Å². The van der Waals surface area contributed by atoms with Gasteiger partial charge in [-0.15, -0.1) is 0 Å². The molecule has 0 saturated carbocycles. The number of fused-ring (bicyclic) bond motifs is 4. The zero-order valence-electron chi connectivity index (χ0n) is 15.9. The van der Waals surface area contributed by atoms with Gasteiger partial charge in [-0.2, -0.15) is 0 Å². The van der Waals surface area contributed by atoms with Gasteiger partial charge in [0, 0.05) is 34.6 Å². The minimum absolute atomic E-state index is 0.556. The van der Waals surface area contributed by atoms with Crippen LogP contribution in [0.1, 0.15) is 37.8 Å². The van der Waals surface area contributed by atoms with Crippen LogP contribution < -0.4 is 4.90 Å². The second-order valence-corrected chi connectivity index (χ2v) is 6.85. The Balaban J connectivity index is 0.000000814. The molecule has 1 unspecified atom stereocenters. The van der Waals surface area contributed by atoms with Gasteiger partial charge in [-0.25, -0.2) is 0 Å². The molecule has 5 rings (SSSR count). The summed E-state index contributed by atoms with van der Waals surface area (Å²) >= 11 is 0. The lowest BCUT2D eigenvalue weighted by Crippen LogP contribution is -2.14. The van der Waals surface area contributed by atoms with Gasteiger partial charge in [-0.3, -0.25) is 0 Å². The molecule has 1 aromatic heterocycles. The quantitative estimate of drug-likeness (QED) is 0.364. The first-order valence-electron chi connectivity index (χ1n) is 9.50. The standard InChI is InChI=1S/C22H19NO.C2H6/c1-14-7-9-21-18(11-14)19-12-16(8-10-22(19)24-21)23-13-15(2)17-5-3-4-6-20(17)23;1-2/h3-12,15H,13H2,1-2H3;1-2H3. The highest BCUT2D eigenvalue weighted by Crippen LogP contribution is 2.42. The summed E-state index contributed by atoms with van der Waals surface area (Å²) in [6, 6.07) is 21.7. The Kier molecular flexibility index (Phi) is 4.20. The third-order valence-electron chi connectivity index (χ3n) is 5.13. The van der Waals surface area contributed by atoms with E-state index in [0.29, 0.717) is 5.92 Å². The van der Waals surface area contributed by atoms with Gasteiger partial charge in [0.1, 0.15) is 11.2 Å². The number of para-hydroxylation sites is 1. The molecule has 0 amide bonds. The lowest BCUT2D eigenvalue weighted by molar-refractivity contribution is 0.669. The molecular formula is C24H25NO. The van der Waals surface area contributed by atoms with Crippen molar-refractivity contribution >= 4 is 33.3 Å². The van der Waals surface area contributed by atoms with E-state index in [1.165, 1.54) is 33.3 Å². The Labute approximate surface area is 155 Å². The first kappa shape index (κ1) is 16.7. The summed E-state index contributed by atoms with van der Waals surface area (Å²) in [6.07, 6.45) is 0. The molecule has 1 atom stereocenters. The highest BCUT2D eigenvalue weighted by atomic mass is 16.3. The fraction of sp³-hybridized carbons (Fsp3) is 0.250. The van der Waals surface area contributed by atoms with Gasteiger partial charge >= 0.3 is 0 Å². The van der Waals surface area contributed by atoms with E-state index in [0.717, 1.165) is 17.7 Å². The second kappa shape index (κ2) is 6.53. The van der Waals surface area contributed by atoms with Gasteiger partial charge in [0.25, 0.3) is 0 Å². The minimum atomic E-state index is 0.556. The van der Waals surface area contributed by atoms with Gasteiger partial charge in [0.15, 0.2) is 0 Å². The molecular weight excluding hydrogens is 318 g/mol. The van der Waals surface area contributed by atoms with Gasteiger partial charge in [0.2, 0.25) is 0 Å². The Hall–Kier alpha value is -2.74. The number of nitrogens with zero attached hydrogens (tertiary/aromatic N) is 1. The van der Waals surface area contributed by atoms with E-state index >= 15 is 0 Å². The van der Waals surface area contributed by atoms with E-state index in [9.17, 15) is 0 Å². The average Bonchev–Trinajstić information content (AvgIpc) is 3.21. The first-order valence-corrected chi connectivity index (χ1v) is 9.50. The highest BCUT2D eigenvalue weighted by molar-refractivity contribution is 6.06. The monoisotopic (exact) mass is 343 g/mol. The second-order valence-electron chi connectivity index (χ2n) is 6.85. The summed E-state index contributed by atoms with van der Waals surface area (Å²) in [5.41, 5.74) is 7.18. The molecule has 2 heterocycles. The molecule has 2 nitrogen and oxygen atoms in total. The number of hydrogen-bond acceptors (Lipinski definition) is 2. The van der Waals surface area contributed by atoms with Crippen molar-refractivity contribution in [2.45, 2.75) is 33.6 Å². The van der Waals surface area contributed by atoms with E-state index in [-0.39, 0.29) is 0 Å². The Morgan fingerprint density at radius 3 is 2.38 bits per heavy atom. The SMILES string of the molecule is CC.Cc1ccc2oc3ccc(N4CC(C)c5ccccc54)cc3c2c1. The summed E-state index contributed by atoms with van der Waals surface area (Å²) in [5.74, 6) is 0.556. The summed E-state index contributed by atoms with van der Waals surface area (Å²) < 4.78 is 6.00. The molecule has 26 heavy (non-hydrogen) atoms. The van der Waals surface area contributed by atoms with Crippen LogP contribution in [0.25, 0.3) is 21.9 Å². The molecule has 0 radical (unpaired) electrons. The Morgan fingerprint density at radius 2 is 1.58 bits per heavy atom. The zero-order valence-corrected chi connectivity index (χ0v) is 15.9. The van der Waals surface area contributed by atoms with Crippen LogP contribution in [-0.2, 0) is 0 Å². The van der Waals surface area contributed by atoms with Crippen LogP contribution in [-0.4, -0.2) is 6.54 Å². The van der Waals surface area contributed by atoms with Crippen LogP contribution in [0, 0.1) is 6.92 Å². The number of anilines is 2. The van der Waals surface area contributed by atoms with Crippen LogP contribution in [0.15, 0.2) is 65.1 Å². The van der Waals surface area contributed by atoms with Crippen LogP contribution >= 0.6 is 0 Å². The van der Waals surface area contributed by atoms with Gasteiger partial charge in [0.05, 0.1) is 0 Å². The average molecular weight is 343 g/mol. The van der Waals surface area contributed by atoms with Crippen molar-refractivity contribution in [1.29, 1.82) is 0 Å². The van der Waals surface area contributed by atoms with E-state index in [2.05, 4.69) is 79.4 Å². The highest BCUT2D eigenvalue weighted by Gasteiger charge is 2.26. The van der Waals surface area contributed by atoms with Crippen molar-refractivity contribution in [3.63, 3.8) is 0 Å². The fourth-order valence-corrected chi connectivity index (χ4v) is 3.91. The van der Waals surface area contributed by atoms with Gasteiger partial charge < -0.3 is 9.32 Å². The largest absolute Gasteiger partial charge is 0.456 e. The fourth-order valence-electron chi connectivity index (χ4n) is 3.91. The molecule has 0 saturated heterocycles. The van der Waals surface area contributed by atoms with Gasteiger partial charge in [-0.05, 0) is 48.9 Å². The molecule has 0 fully saturated rings. The molecule has 1 aliphatic rings. The van der Waals surface area contributed by atoms with Crippen molar-refractivity contribution in [2.75, 3.05) is 11.4 Å². The Bertz CT molecular complexity index is 1080. The van der Waals surface area contributed by atoms with Crippen LogP contribution in [0.5, 0.6) is 0 Å². The van der Waals surface area contributed by atoms with E-state index in [1.807, 2.05) is 13.8 Å². The molecule has 4 aromatic rings. The van der Waals surface area contributed by atoms with E-state index in [4.69, 9.17) is 4.42 Å². The predicted molar refractivity (Wildman–Crippen MR) is 112 cm³/mol. The molecule has 0 N–H and O–H groups in total. The number of rotatable bonds is 1. The number of benzene rings is 3. The number of hydrogen-bond donors (Lipinski definition) is 0. The van der Waals surface area contributed by atoms with Crippen LogP contribution in [0.4, 0.5) is 11.4 Å². The topological polar surface area (TPSA) is 16.4 Å². The third-order valence-corrected chi connectivity index (χ3v) is 5.13. The molecule has 3 aromatic carbocycles. The van der Waals surface area contributed by atoms with E-state index < -0.39 is 0 Å². The minimum Gasteiger partial charge on any atom is -0.456 e. The van der Waals surface area contributed by atoms with Crippen LogP contribution in [0.3, 0.4) is 0 Å². The first-order chi connectivity index (χ1) is 12.7. The number of furan rings is 1. The predicted octanol–water partition coefficient (Wildman–Crippen LogP) is 7.18.